The molecule has 0 amide bonds. The van der Waals surface area contributed by atoms with E-state index < -0.39 is 0 Å². The van der Waals surface area contributed by atoms with Crippen molar-refractivity contribution in [3.63, 3.8) is 0 Å². The van der Waals surface area contributed by atoms with Gasteiger partial charge in [-0.25, -0.2) is 9.99 Å². The second kappa shape index (κ2) is 5.66. The number of nitrogens with two attached hydrogens (primary N) is 1. The second-order valence-corrected chi connectivity index (χ2v) is 5.51. The lowest BCUT2D eigenvalue weighted by molar-refractivity contribution is 1.12. The average molecular weight is 312 g/mol. The zero-order valence-corrected chi connectivity index (χ0v) is 13.1. The minimum atomic E-state index is 0.648. The Balaban J connectivity index is 2.13. The van der Waals surface area contributed by atoms with Crippen LogP contribution >= 0.6 is 0 Å². The Labute approximate surface area is 139 Å². The molecule has 0 aliphatic heterocycles. The number of benzene rings is 3. The van der Waals surface area contributed by atoms with Crippen molar-refractivity contribution in [1.29, 1.82) is 0 Å². The smallest absolute Gasteiger partial charge is 0.0882 e. The summed E-state index contributed by atoms with van der Waals surface area (Å²) in [6, 6.07) is 23.7. The van der Waals surface area contributed by atoms with Crippen molar-refractivity contribution in [2.75, 3.05) is 10.7 Å². The summed E-state index contributed by atoms with van der Waals surface area (Å²) in [5.74, 6) is 0. The van der Waals surface area contributed by atoms with Gasteiger partial charge in [-0.3, -0.25) is 0 Å². The van der Waals surface area contributed by atoms with Gasteiger partial charge in [-0.05, 0) is 24.3 Å². The molecule has 116 valence electrons. The fourth-order valence-corrected chi connectivity index (χ4v) is 2.99. The summed E-state index contributed by atoms with van der Waals surface area (Å²) in [5.41, 5.74) is 10.4. The topological polar surface area (TPSA) is 54.5 Å². The normalized spacial score (nSPS) is 10.8. The van der Waals surface area contributed by atoms with Crippen molar-refractivity contribution in [3.8, 4) is 0 Å². The van der Waals surface area contributed by atoms with Crippen LogP contribution in [0.2, 0.25) is 0 Å². The van der Waals surface area contributed by atoms with Crippen molar-refractivity contribution >= 4 is 45.6 Å². The van der Waals surface area contributed by atoms with E-state index in [0.717, 1.165) is 33.2 Å². The van der Waals surface area contributed by atoms with Crippen LogP contribution in [0.5, 0.6) is 0 Å². The summed E-state index contributed by atoms with van der Waals surface area (Å²) < 4.78 is 0. The van der Waals surface area contributed by atoms with E-state index in [1.54, 1.807) is 5.01 Å². The lowest BCUT2D eigenvalue weighted by Gasteiger charge is -2.23. The summed E-state index contributed by atoms with van der Waals surface area (Å²) in [5, 5.41) is 8.07. The highest BCUT2D eigenvalue weighted by atomic mass is 15.5. The third kappa shape index (κ3) is 2.16. The number of anilines is 3. The molecule has 0 spiro atoms. The summed E-state index contributed by atoms with van der Waals surface area (Å²) in [6.07, 6.45) is 0. The van der Waals surface area contributed by atoms with Gasteiger partial charge in [0.25, 0.3) is 0 Å². The number of pyridine rings is 1. The molecule has 24 heavy (non-hydrogen) atoms. The highest BCUT2D eigenvalue weighted by Crippen LogP contribution is 2.39. The van der Waals surface area contributed by atoms with E-state index in [2.05, 4.69) is 11.8 Å². The van der Waals surface area contributed by atoms with Crippen LogP contribution in [0.25, 0.3) is 21.8 Å². The predicted molar refractivity (Wildman–Crippen MR) is 102 cm³/mol. The van der Waals surface area contributed by atoms with Gasteiger partial charge in [-0.15, -0.1) is 0 Å². The largest absolute Gasteiger partial charge is 0.397 e. The number of hydrogen-bond donors (Lipinski definition) is 1. The zero-order valence-electron chi connectivity index (χ0n) is 13.1. The van der Waals surface area contributed by atoms with Crippen LogP contribution in [0.15, 0.2) is 77.9 Å². The highest BCUT2D eigenvalue weighted by molar-refractivity contribution is 6.09. The third-order valence-electron chi connectivity index (χ3n) is 4.08. The fourth-order valence-electron chi connectivity index (χ4n) is 2.99. The Morgan fingerprint density at radius 3 is 1.92 bits per heavy atom. The van der Waals surface area contributed by atoms with Gasteiger partial charge >= 0.3 is 0 Å². The molecule has 4 heteroatoms. The average Bonchev–Trinajstić information content (AvgIpc) is 2.63. The van der Waals surface area contributed by atoms with Gasteiger partial charge in [0.05, 0.1) is 28.1 Å². The summed E-state index contributed by atoms with van der Waals surface area (Å²) in [7, 11) is 0. The minimum Gasteiger partial charge on any atom is -0.397 e. The molecule has 0 aliphatic rings. The molecule has 0 saturated carbocycles. The van der Waals surface area contributed by atoms with E-state index in [9.17, 15) is 0 Å². The zero-order chi connectivity index (χ0) is 16.5. The maximum Gasteiger partial charge on any atom is 0.0882 e. The number of nitrogen functional groups attached to an aromatic ring is 1. The van der Waals surface area contributed by atoms with E-state index in [4.69, 9.17) is 10.7 Å². The van der Waals surface area contributed by atoms with Crippen LogP contribution in [0.1, 0.15) is 0 Å². The molecule has 0 fully saturated rings. The van der Waals surface area contributed by atoms with Gasteiger partial charge in [-0.2, -0.15) is 5.10 Å². The second-order valence-electron chi connectivity index (χ2n) is 5.51. The Morgan fingerprint density at radius 2 is 1.33 bits per heavy atom. The number of rotatable bonds is 3. The van der Waals surface area contributed by atoms with E-state index >= 15 is 0 Å². The maximum absolute atomic E-state index is 6.18. The molecule has 3 aromatic carbocycles. The Kier molecular flexibility index (Phi) is 3.35. The van der Waals surface area contributed by atoms with Crippen molar-refractivity contribution in [1.82, 2.24) is 4.98 Å². The van der Waals surface area contributed by atoms with Crippen molar-refractivity contribution in [2.24, 2.45) is 5.10 Å². The first-order valence-electron chi connectivity index (χ1n) is 7.68. The van der Waals surface area contributed by atoms with Crippen LogP contribution in [-0.4, -0.2) is 11.7 Å². The molecule has 2 N–H and O–H groups in total. The van der Waals surface area contributed by atoms with Crippen LogP contribution < -0.4 is 10.7 Å². The van der Waals surface area contributed by atoms with E-state index in [1.807, 2.05) is 72.8 Å². The summed E-state index contributed by atoms with van der Waals surface area (Å²) >= 11 is 0. The Bertz CT molecular complexity index is 1000. The number of para-hydroxylation sites is 4. The molecule has 0 radical (unpaired) electrons. The van der Waals surface area contributed by atoms with Crippen molar-refractivity contribution < 1.29 is 0 Å². The predicted octanol–water partition coefficient (Wildman–Crippen LogP) is 4.72. The number of nitrogens with zero attached hydrogens (tertiary/aromatic N) is 3. The molecule has 4 rings (SSSR count). The first-order valence-corrected chi connectivity index (χ1v) is 7.68. The molecule has 0 atom stereocenters. The van der Waals surface area contributed by atoms with E-state index in [-0.39, 0.29) is 0 Å². The van der Waals surface area contributed by atoms with Gasteiger partial charge in [0.2, 0.25) is 0 Å². The fraction of sp³-hybridized carbons (Fsp3) is 0. The van der Waals surface area contributed by atoms with Gasteiger partial charge < -0.3 is 5.73 Å². The molecule has 0 saturated heterocycles. The quantitative estimate of drug-likeness (QED) is 0.258. The molecule has 1 heterocycles. The molecular formula is C20H16N4. The minimum absolute atomic E-state index is 0.648. The lowest BCUT2D eigenvalue weighted by atomic mass is 10.1. The monoisotopic (exact) mass is 312 g/mol. The first-order chi connectivity index (χ1) is 11.8. The highest BCUT2D eigenvalue weighted by Gasteiger charge is 2.17. The van der Waals surface area contributed by atoms with Gasteiger partial charge in [0.1, 0.15) is 0 Å². The Hall–Kier alpha value is -3.40. The van der Waals surface area contributed by atoms with Crippen LogP contribution in [0.4, 0.5) is 17.1 Å². The number of hydrogen-bond acceptors (Lipinski definition) is 4. The van der Waals surface area contributed by atoms with Gasteiger partial charge in [0, 0.05) is 17.5 Å². The molecule has 4 aromatic rings. The molecule has 4 nitrogen and oxygen atoms in total. The molecule has 0 bridgehead atoms. The number of fused-ring (bicyclic) bond motifs is 2. The van der Waals surface area contributed by atoms with E-state index in [1.165, 1.54) is 0 Å². The molecule has 1 aromatic heterocycles. The maximum atomic E-state index is 6.18. The standard InChI is InChI=1S/C20H16N4/c1-22-24(19-13-7-4-10-16(19)21)20-14-8-2-5-11-17(14)23-18-12-6-3-9-15(18)20/h2-13H,1,21H2. The SMILES string of the molecule is C=NN(c1ccccc1N)c1c2ccccc2nc2ccccc12. The summed E-state index contributed by atoms with van der Waals surface area (Å²) in [6.45, 7) is 3.77. The molecular weight excluding hydrogens is 296 g/mol. The van der Waals surface area contributed by atoms with Gasteiger partial charge in [-0.1, -0.05) is 48.5 Å². The number of aromatic nitrogens is 1. The van der Waals surface area contributed by atoms with Crippen LogP contribution in [0, 0.1) is 0 Å². The lowest BCUT2D eigenvalue weighted by Crippen LogP contribution is -2.11. The van der Waals surface area contributed by atoms with Gasteiger partial charge in [0.15, 0.2) is 0 Å². The van der Waals surface area contributed by atoms with E-state index in [0.29, 0.717) is 5.69 Å². The summed E-state index contributed by atoms with van der Waals surface area (Å²) in [4.78, 5) is 4.75. The molecule has 0 unspecified atom stereocenters. The van der Waals surface area contributed by atoms with Crippen LogP contribution in [-0.2, 0) is 0 Å². The number of hydrazone groups is 1. The van der Waals surface area contributed by atoms with Crippen LogP contribution in [0.3, 0.4) is 0 Å². The third-order valence-corrected chi connectivity index (χ3v) is 4.08. The Morgan fingerprint density at radius 1 is 0.792 bits per heavy atom. The first kappa shape index (κ1) is 14.2. The molecule has 0 aliphatic carbocycles. The van der Waals surface area contributed by atoms with Crippen molar-refractivity contribution in [2.45, 2.75) is 0 Å². The van der Waals surface area contributed by atoms with Crippen molar-refractivity contribution in [3.05, 3.63) is 72.8 Å².